The van der Waals surface area contributed by atoms with E-state index in [-0.39, 0.29) is 0 Å². The number of pyridine rings is 1. The van der Waals surface area contributed by atoms with Gasteiger partial charge in [-0.1, -0.05) is 0 Å². The molecule has 1 amide bonds. The van der Waals surface area contributed by atoms with Crippen molar-refractivity contribution in [3.63, 3.8) is 0 Å². The van der Waals surface area contributed by atoms with Crippen LogP contribution in [0, 0.1) is 23.3 Å². The molecule has 0 saturated carbocycles. The minimum absolute atomic E-state index is 0.411. The topological polar surface area (TPSA) is 33.0 Å². The van der Waals surface area contributed by atoms with Gasteiger partial charge in [-0.3, -0.25) is 4.79 Å². The number of hydrogen-bond acceptors (Lipinski definition) is 1. The van der Waals surface area contributed by atoms with E-state index >= 15 is 0 Å². The van der Waals surface area contributed by atoms with Crippen LogP contribution in [0.5, 0.6) is 0 Å². The summed E-state index contributed by atoms with van der Waals surface area (Å²) in [6.07, 6.45) is 2.41. The molecule has 0 spiro atoms. The zero-order chi connectivity index (χ0) is 14.9. The lowest BCUT2D eigenvalue weighted by atomic mass is 10.2. The number of hydrogen-bond donors (Lipinski definition) is 1. The third kappa shape index (κ3) is 2.61. The molecule has 7 heteroatoms. The highest BCUT2D eigenvalue weighted by Gasteiger charge is 2.20. The zero-order valence-electron chi connectivity index (χ0n) is 10.3. The minimum Gasteiger partial charge on any atom is -0.317 e. The minimum atomic E-state index is -1.54. The number of rotatable bonds is 2. The molecule has 1 heterocycles. The van der Waals surface area contributed by atoms with E-state index in [9.17, 15) is 22.4 Å². The molecule has 20 heavy (non-hydrogen) atoms. The fourth-order valence-corrected chi connectivity index (χ4v) is 1.57. The summed E-state index contributed by atoms with van der Waals surface area (Å²) in [5.74, 6) is -5.96. The number of aryl methyl sites for hydroxylation is 1. The number of aromatic nitrogens is 1. The summed E-state index contributed by atoms with van der Waals surface area (Å²) in [7, 11) is 1.54. The highest BCUT2D eigenvalue weighted by Crippen LogP contribution is 2.22. The van der Waals surface area contributed by atoms with Gasteiger partial charge in [-0.05, 0) is 12.1 Å². The average Bonchev–Trinajstić information content (AvgIpc) is 2.39. The van der Waals surface area contributed by atoms with Gasteiger partial charge >= 0.3 is 0 Å². The fraction of sp³-hybridized carbons (Fsp3) is 0.0769. The molecule has 104 valence electrons. The van der Waals surface area contributed by atoms with Crippen LogP contribution in [0.15, 0.2) is 30.6 Å². The summed E-state index contributed by atoms with van der Waals surface area (Å²) in [6.45, 7) is 0. The molecule has 0 aliphatic rings. The van der Waals surface area contributed by atoms with E-state index in [1.165, 1.54) is 17.8 Å². The number of amides is 1. The quantitative estimate of drug-likeness (QED) is 0.513. The van der Waals surface area contributed by atoms with Crippen LogP contribution < -0.4 is 9.88 Å². The fourth-order valence-electron chi connectivity index (χ4n) is 1.57. The van der Waals surface area contributed by atoms with E-state index in [4.69, 9.17) is 0 Å². The standard InChI is InChI=1S/C13H8F4N2O/c1-19-5-4-7(10(16)6-19)13(20)18-12-9(15)3-2-8(14)11(12)17/h2-6H,1H3/p+1. The normalized spacial score (nSPS) is 10.4. The first kappa shape index (κ1) is 14.0. The Hall–Kier alpha value is -2.44. The Morgan fingerprint density at radius 3 is 2.35 bits per heavy atom. The predicted octanol–water partition coefficient (Wildman–Crippen LogP) is 2.32. The lowest BCUT2D eigenvalue weighted by Crippen LogP contribution is -2.29. The smallest absolute Gasteiger partial charge is 0.259 e. The van der Waals surface area contributed by atoms with Gasteiger partial charge in [0.2, 0.25) is 6.20 Å². The molecule has 1 aromatic carbocycles. The van der Waals surface area contributed by atoms with Crippen LogP contribution >= 0.6 is 0 Å². The first-order chi connectivity index (χ1) is 9.40. The molecule has 0 bridgehead atoms. The van der Waals surface area contributed by atoms with Crippen LogP contribution in [0.3, 0.4) is 0 Å². The first-order valence-corrected chi connectivity index (χ1v) is 5.50. The van der Waals surface area contributed by atoms with E-state index in [2.05, 4.69) is 0 Å². The van der Waals surface area contributed by atoms with Crippen LogP contribution in [0.1, 0.15) is 10.4 Å². The van der Waals surface area contributed by atoms with Crippen LogP contribution in [0.2, 0.25) is 0 Å². The van der Waals surface area contributed by atoms with Crippen LogP contribution in [0.25, 0.3) is 0 Å². The Morgan fingerprint density at radius 1 is 1.05 bits per heavy atom. The molecular formula is C13H9F4N2O+. The molecule has 0 unspecified atom stereocenters. The van der Waals surface area contributed by atoms with E-state index < -0.39 is 40.4 Å². The van der Waals surface area contributed by atoms with E-state index in [0.717, 1.165) is 12.3 Å². The number of halogens is 4. The first-order valence-electron chi connectivity index (χ1n) is 5.50. The maximum absolute atomic E-state index is 13.5. The van der Waals surface area contributed by atoms with E-state index in [0.29, 0.717) is 12.1 Å². The Labute approximate surface area is 111 Å². The molecule has 1 aromatic heterocycles. The predicted molar refractivity (Wildman–Crippen MR) is 61.8 cm³/mol. The Morgan fingerprint density at radius 2 is 1.70 bits per heavy atom. The van der Waals surface area contributed by atoms with Crippen molar-refractivity contribution in [2.24, 2.45) is 7.05 Å². The number of benzene rings is 1. The summed E-state index contributed by atoms with van der Waals surface area (Å²) in [6, 6.07) is 2.39. The van der Waals surface area contributed by atoms with Crippen molar-refractivity contribution in [1.82, 2.24) is 0 Å². The molecular weight excluding hydrogens is 276 g/mol. The number of nitrogens with zero attached hydrogens (tertiary/aromatic N) is 1. The third-order valence-corrected chi connectivity index (χ3v) is 2.58. The SMILES string of the molecule is C[n+]1ccc(C(=O)Nc2c(F)ccc(F)c2F)c(F)c1. The van der Waals surface area contributed by atoms with Gasteiger partial charge in [0.05, 0.1) is 5.56 Å². The number of nitrogens with one attached hydrogen (secondary N) is 1. The molecule has 0 fully saturated rings. The summed E-state index contributed by atoms with van der Waals surface area (Å²) in [5, 5.41) is 1.82. The number of carbonyl (C=O) groups excluding carboxylic acids is 1. The third-order valence-electron chi connectivity index (χ3n) is 2.58. The highest BCUT2D eigenvalue weighted by molar-refractivity contribution is 6.04. The van der Waals surface area contributed by atoms with Crippen molar-refractivity contribution < 1.29 is 26.9 Å². The maximum Gasteiger partial charge on any atom is 0.259 e. The van der Waals surface area contributed by atoms with Crippen LogP contribution in [-0.2, 0) is 7.05 Å². The summed E-state index contributed by atoms with van der Waals surface area (Å²) >= 11 is 0. The average molecular weight is 285 g/mol. The molecule has 2 rings (SSSR count). The Balaban J connectivity index is 2.35. The highest BCUT2D eigenvalue weighted by atomic mass is 19.2. The van der Waals surface area contributed by atoms with E-state index in [1.807, 2.05) is 5.32 Å². The van der Waals surface area contributed by atoms with Gasteiger partial charge in [-0.25, -0.2) is 17.7 Å². The molecule has 3 nitrogen and oxygen atoms in total. The summed E-state index contributed by atoms with van der Waals surface area (Å²) < 4.78 is 54.6. The molecule has 0 aliphatic heterocycles. The maximum atomic E-state index is 13.5. The van der Waals surface area contributed by atoms with Gasteiger partial charge in [0.1, 0.15) is 18.6 Å². The second-order valence-corrected chi connectivity index (χ2v) is 4.04. The number of anilines is 1. The lowest BCUT2D eigenvalue weighted by Gasteiger charge is -2.08. The van der Waals surface area contributed by atoms with Crippen molar-refractivity contribution >= 4 is 11.6 Å². The van der Waals surface area contributed by atoms with Crippen LogP contribution in [0.4, 0.5) is 23.2 Å². The molecule has 0 radical (unpaired) electrons. The lowest BCUT2D eigenvalue weighted by molar-refractivity contribution is -0.673. The van der Waals surface area contributed by atoms with Crippen molar-refractivity contribution in [2.45, 2.75) is 0 Å². The second kappa shape index (κ2) is 5.28. The zero-order valence-corrected chi connectivity index (χ0v) is 10.3. The Bertz CT molecular complexity index is 688. The molecule has 1 N–H and O–H groups in total. The molecule has 0 saturated heterocycles. The van der Waals surface area contributed by atoms with Crippen molar-refractivity contribution in [3.05, 3.63) is 59.4 Å². The van der Waals surface area contributed by atoms with Crippen molar-refractivity contribution in [1.29, 1.82) is 0 Å². The van der Waals surface area contributed by atoms with Gasteiger partial charge in [0.15, 0.2) is 23.6 Å². The van der Waals surface area contributed by atoms with Gasteiger partial charge in [-0.15, -0.1) is 0 Å². The van der Waals surface area contributed by atoms with Gasteiger partial charge in [0, 0.05) is 6.07 Å². The molecule has 0 aliphatic carbocycles. The van der Waals surface area contributed by atoms with Crippen molar-refractivity contribution in [3.8, 4) is 0 Å². The molecule has 2 aromatic rings. The van der Waals surface area contributed by atoms with Crippen LogP contribution in [-0.4, -0.2) is 5.91 Å². The largest absolute Gasteiger partial charge is 0.317 e. The summed E-state index contributed by atoms with van der Waals surface area (Å²) in [5.41, 5.74) is -1.37. The van der Waals surface area contributed by atoms with Gasteiger partial charge in [0.25, 0.3) is 5.91 Å². The Kier molecular flexibility index (Phi) is 3.69. The van der Waals surface area contributed by atoms with Crippen molar-refractivity contribution in [2.75, 3.05) is 5.32 Å². The number of carbonyl (C=O) groups is 1. The monoisotopic (exact) mass is 285 g/mol. The second-order valence-electron chi connectivity index (χ2n) is 4.04. The van der Waals surface area contributed by atoms with E-state index in [1.54, 1.807) is 0 Å². The van der Waals surface area contributed by atoms with Gasteiger partial charge < -0.3 is 5.32 Å². The van der Waals surface area contributed by atoms with Gasteiger partial charge in [-0.2, -0.15) is 4.39 Å². The molecule has 0 atom stereocenters. The summed E-state index contributed by atoms with van der Waals surface area (Å²) in [4.78, 5) is 11.7.